The zero-order valence-electron chi connectivity index (χ0n) is 23.7. The maximum absolute atomic E-state index is 3.86. The zero-order chi connectivity index (χ0) is 27.0. The van der Waals surface area contributed by atoms with Crippen molar-refractivity contribution in [1.29, 1.82) is 0 Å². The first-order valence-corrected chi connectivity index (χ1v) is 16.6. The minimum Gasteiger partial charge on any atom is -0.310 e. The van der Waals surface area contributed by atoms with Crippen molar-refractivity contribution in [1.82, 2.24) is 0 Å². The van der Waals surface area contributed by atoms with E-state index in [4.69, 9.17) is 0 Å². The van der Waals surface area contributed by atoms with E-state index in [1.807, 2.05) is 0 Å². The Kier molecular flexibility index (Phi) is 11.0. The highest BCUT2D eigenvalue weighted by atomic mass is 79.9. The molecule has 3 aromatic carbocycles. The van der Waals surface area contributed by atoms with Gasteiger partial charge in [-0.15, -0.1) is 0 Å². The number of benzene rings is 3. The van der Waals surface area contributed by atoms with Crippen molar-refractivity contribution in [3.63, 3.8) is 0 Å². The minimum absolute atomic E-state index is 0.0251. The van der Waals surface area contributed by atoms with Gasteiger partial charge in [0, 0.05) is 20.0 Å². The molecular weight excluding hydrogens is 594 g/mol. The second-order valence-corrected chi connectivity index (χ2v) is 13.0. The van der Waals surface area contributed by atoms with Crippen LogP contribution in [-0.2, 0) is 11.8 Å². The van der Waals surface area contributed by atoms with Crippen molar-refractivity contribution in [3.05, 3.63) is 86.3 Å². The van der Waals surface area contributed by atoms with Gasteiger partial charge in [0.2, 0.25) is 0 Å². The van der Waals surface area contributed by atoms with Gasteiger partial charge in [0.15, 0.2) is 0 Å². The Bertz CT molecular complexity index is 1100. The Labute approximate surface area is 248 Å². The molecule has 4 rings (SSSR count). The highest BCUT2D eigenvalue weighted by Crippen LogP contribution is 2.57. The third kappa shape index (κ3) is 6.58. The van der Waals surface area contributed by atoms with E-state index in [0.717, 1.165) is 6.42 Å². The second-order valence-electron chi connectivity index (χ2n) is 11.1. The second kappa shape index (κ2) is 14.2. The first-order chi connectivity index (χ1) is 18.5. The number of unbranched alkanes of at least 4 members (excludes halogenated alkanes) is 7. The van der Waals surface area contributed by atoms with Gasteiger partial charge >= 0.3 is 0 Å². The largest absolute Gasteiger partial charge is 0.310 e. The monoisotopic (exact) mass is 637 g/mol. The summed E-state index contributed by atoms with van der Waals surface area (Å²) in [5, 5.41) is 0. The molecule has 0 unspecified atom stereocenters. The van der Waals surface area contributed by atoms with E-state index < -0.39 is 0 Å². The normalized spacial score (nSPS) is 13.9. The number of halogens is 2. The number of fused-ring (bicyclic) bond motifs is 2. The molecule has 0 radical (unpaired) electrons. The fourth-order valence-electron chi connectivity index (χ4n) is 6.29. The predicted molar refractivity (Wildman–Crippen MR) is 173 cm³/mol. The molecule has 1 heterocycles. The molecule has 0 spiro atoms. The van der Waals surface area contributed by atoms with Crippen LogP contribution in [0.25, 0.3) is 0 Å². The van der Waals surface area contributed by atoms with Crippen LogP contribution in [0, 0.1) is 0 Å². The van der Waals surface area contributed by atoms with Crippen LogP contribution in [0.4, 0.5) is 17.1 Å². The van der Waals surface area contributed by atoms with E-state index in [0.29, 0.717) is 0 Å². The molecule has 0 bridgehead atoms. The van der Waals surface area contributed by atoms with Crippen molar-refractivity contribution in [2.24, 2.45) is 0 Å². The lowest BCUT2D eigenvalue weighted by Gasteiger charge is -2.46. The standard InChI is InChI=1S/C35H45Br2N/c1-4-7-10-12-23-35(24-13-11-8-5-2)31-25-28(36)17-21-33(31)38(34-22-18-29(37)26-32(34)35)30-19-15-27(16-20-30)14-9-6-3/h15-22,25-26H,4-14,23-24H2,1-3H3. The molecule has 0 aromatic heterocycles. The van der Waals surface area contributed by atoms with Gasteiger partial charge in [0.1, 0.15) is 0 Å². The van der Waals surface area contributed by atoms with Crippen LogP contribution >= 0.6 is 31.9 Å². The molecular formula is C35H45Br2N. The Balaban J connectivity index is 1.86. The van der Waals surface area contributed by atoms with Crippen molar-refractivity contribution < 1.29 is 0 Å². The van der Waals surface area contributed by atoms with Crippen LogP contribution in [0.1, 0.15) is 115 Å². The van der Waals surface area contributed by atoms with Crippen LogP contribution in [-0.4, -0.2) is 0 Å². The Morgan fingerprint density at radius 1 is 0.579 bits per heavy atom. The van der Waals surface area contributed by atoms with Crippen molar-refractivity contribution in [2.75, 3.05) is 4.90 Å². The van der Waals surface area contributed by atoms with E-state index in [9.17, 15) is 0 Å². The Hall–Kier alpha value is -1.58. The predicted octanol–water partition coefficient (Wildman–Crippen LogP) is 12.6. The molecule has 0 fully saturated rings. The third-order valence-electron chi connectivity index (χ3n) is 8.36. The topological polar surface area (TPSA) is 3.24 Å². The molecule has 38 heavy (non-hydrogen) atoms. The molecule has 3 aromatic rings. The van der Waals surface area contributed by atoms with Crippen LogP contribution in [0.2, 0.25) is 0 Å². The van der Waals surface area contributed by atoms with E-state index in [1.54, 1.807) is 0 Å². The van der Waals surface area contributed by atoms with E-state index >= 15 is 0 Å². The molecule has 0 saturated heterocycles. The molecule has 204 valence electrons. The molecule has 0 atom stereocenters. The smallest absolute Gasteiger partial charge is 0.0503 e. The average molecular weight is 640 g/mol. The molecule has 1 nitrogen and oxygen atoms in total. The average Bonchev–Trinajstić information content (AvgIpc) is 2.93. The Morgan fingerprint density at radius 3 is 1.55 bits per heavy atom. The summed E-state index contributed by atoms with van der Waals surface area (Å²) < 4.78 is 2.35. The molecule has 0 N–H and O–H groups in total. The van der Waals surface area contributed by atoms with Gasteiger partial charge in [0.05, 0.1) is 11.4 Å². The third-order valence-corrected chi connectivity index (χ3v) is 9.34. The number of hydrogen-bond donors (Lipinski definition) is 0. The molecule has 0 aliphatic carbocycles. The maximum Gasteiger partial charge on any atom is 0.0503 e. The summed E-state index contributed by atoms with van der Waals surface area (Å²) in [6.07, 6.45) is 16.4. The number of aryl methyl sites for hydroxylation is 1. The summed E-state index contributed by atoms with van der Waals surface area (Å²) in [5.74, 6) is 0. The van der Waals surface area contributed by atoms with Crippen molar-refractivity contribution in [2.45, 2.75) is 110 Å². The van der Waals surface area contributed by atoms with Crippen LogP contribution in [0.15, 0.2) is 69.6 Å². The van der Waals surface area contributed by atoms with E-state index in [1.165, 1.54) is 120 Å². The molecule has 1 aliphatic rings. The highest BCUT2D eigenvalue weighted by molar-refractivity contribution is 9.10. The quantitative estimate of drug-likeness (QED) is 0.159. The summed E-state index contributed by atoms with van der Waals surface area (Å²) in [6.45, 7) is 6.89. The lowest BCUT2D eigenvalue weighted by Crippen LogP contribution is -2.36. The van der Waals surface area contributed by atoms with Crippen LogP contribution < -0.4 is 4.90 Å². The summed E-state index contributed by atoms with van der Waals surface area (Å²) >= 11 is 7.73. The van der Waals surface area contributed by atoms with Gasteiger partial charge in [-0.25, -0.2) is 0 Å². The minimum atomic E-state index is 0.0251. The molecule has 1 aliphatic heterocycles. The van der Waals surface area contributed by atoms with Gasteiger partial charge in [-0.3, -0.25) is 0 Å². The number of anilines is 3. The summed E-state index contributed by atoms with van der Waals surface area (Å²) in [5.41, 5.74) is 8.37. The lowest BCUT2D eigenvalue weighted by molar-refractivity contribution is 0.391. The van der Waals surface area contributed by atoms with Gasteiger partial charge in [-0.2, -0.15) is 0 Å². The molecule has 0 saturated carbocycles. The number of rotatable bonds is 14. The number of nitrogens with zero attached hydrogens (tertiary/aromatic N) is 1. The summed E-state index contributed by atoms with van der Waals surface area (Å²) in [6, 6.07) is 23.3. The van der Waals surface area contributed by atoms with Crippen LogP contribution in [0.5, 0.6) is 0 Å². The Morgan fingerprint density at radius 2 is 1.08 bits per heavy atom. The lowest BCUT2D eigenvalue weighted by atomic mass is 9.65. The SMILES string of the molecule is CCCCCCC1(CCCCCC)c2cc(Br)ccc2N(c2ccc(CCCC)cc2)c2ccc(Br)cc21. The zero-order valence-corrected chi connectivity index (χ0v) is 26.8. The van der Waals surface area contributed by atoms with Crippen molar-refractivity contribution in [3.8, 4) is 0 Å². The molecule has 0 amide bonds. The van der Waals surface area contributed by atoms with Gasteiger partial charge in [0.25, 0.3) is 0 Å². The first-order valence-electron chi connectivity index (χ1n) is 15.0. The van der Waals surface area contributed by atoms with E-state index in [2.05, 4.69) is 118 Å². The highest BCUT2D eigenvalue weighted by Gasteiger charge is 2.43. The molecule has 3 heteroatoms. The van der Waals surface area contributed by atoms with Crippen molar-refractivity contribution >= 4 is 48.9 Å². The fraction of sp³-hybridized carbons (Fsp3) is 0.486. The van der Waals surface area contributed by atoms with Crippen LogP contribution in [0.3, 0.4) is 0 Å². The van der Waals surface area contributed by atoms with Gasteiger partial charge < -0.3 is 4.90 Å². The van der Waals surface area contributed by atoms with Gasteiger partial charge in [-0.1, -0.05) is 123 Å². The maximum atomic E-state index is 3.86. The van der Waals surface area contributed by atoms with E-state index in [-0.39, 0.29) is 5.41 Å². The summed E-state index contributed by atoms with van der Waals surface area (Å²) in [4.78, 5) is 2.52. The first kappa shape index (κ1) is 29.4. The number of hydrogen-bond acceptors (Lipinski definition) is 1. The fourth-order valence-corrected chi connectivity index (χ4v) is 7.01. The van der Waals surface area contributed by atoms with Gasteiger partial charge in [-0.05, 0) is 90.9 Å². The summed E-state index contributed by atoms with van der Waals surface area (Å²) in [7, 11) is 0.